The standard InChI is InChI=1S/C16H17FN2O/c1-11-2-4-12(5-3-11)9-19-10-14-8-13(16(18)20)6-7-15(14)17/h2-8,19H,9-10H2,1H3,(H2,18,20). The van der Waals surface area contributed by atoms with E-state index in [0.717, 1.165) is 5.56 Å². The minimum absolute atomic E-state index is 0.318. The summed E-state index contributed by atoms with van der Waals surface area (Å²) in [5, 5.41) is 3.15. The van der Waals surface area contributed by atoms with E-state index in [2.05, 4.69) is 5.32 Å². The lowest BCUT2D eigenvalue weighted by atomic mass is 10.1. The molecule has 1 amide bonds. The van der Waals surface area contributed by atoms with Crippen LogP contribution in [-0.2, 0) is 13.1 Å². The van der Waals surface area contributed by atoms with Crippen molar-refractivity contribution in [1.29, 1.82) is 0 Å². The van der Waals surface area contributed by atoms with Crippen LogP contribution in [0.25, 0.3) is 0 Å². The number of halogens is 1. The number of hydrogen-bond acceptors (Lipinski definition) is 2. The summed E-state index contributed by atoms with van der Waals surface area (Å²) < 4.78 is 13.6. The third-order valence-electron chi connectivity index (χ3n) is 3.10. The highest BCUT2D eigenvalue weighted by atomic mass is 19.1. The van der Waals surface area contributed by atoms with Gasteiger partial charge in [-0.1, -0.05) is 29.8 Å². The van der Waals surface area contributed by atoms with E-state index in [1.54, 1.807) is 0 Å². The van der Waals surface area contributed by atoms with Gasteiger partial charge in [0.25, 0.3) is 0 Å². The van der Waals surface area contributed by atoms with Crippen molar-refractivity contribution in [2.75, 3.05) is 0 Å². The first-order chi connectivity index (χ1) is 9.56. The Hall–Kier alpha value is -2.20. The fourth-order valence-corrected chi connectivity index (χ4v) is 1.91. The molecule has 4 heteroatoms. The van der Waals surface area contributed by atoms with Crippen molar-refractivity contribution in [1.82, 2.24) is 5.32 Å². The molecule has 0 aromatic heterocycles. The Kier molecular flexibility index (Phi) is 4.48. The molecule has 2 aromatic rings. The molecule has 104 valence electrons. The second-order valence-electron chi connectivity index (χ2n) is 4.76. The Morgan fingerprint density at radius 2 is 1.85 bits per heavy atom. The fraction of sp³-hybridized carbons (Fsp3) is 0.188. The maximum Gasteiger partial charge on any atom is 0.248 e. The number of carbonyl (C=O) groups excluding carboxylic acids is 1. The number of rotatable bonds is 5. The van der Waals surface area contributed by atoms with Crippen molar-refractivity contribution >= 4 is 5.91 Å². The largest absolute Gasteiger partial charge is 0.366 e. The van der Waals surface area contributed by atoms with Crippen LogP contribution >= 0.6 is 0 Å². The molecule has 0 aliphatic heterocycles. The summed E-state index contributed by atoms with van der Waals surface area (Å²) >= 11 is 0. The zero-order valence-electron chi connectivity index (χ0n) is 11.3. The zero-order chi connectivity index (χ0) is 14.5. The highest BCUT2D eigenvalue weighted by Crippen LogP contribution is 2.11. The molecule has 0 spiro atoms. The van der Waals surface area contributed by atoms with E-state index in [9.17, 15) is 9.18 Å². The third kappa shape index (κ3) is 3.65. The molecule has 0 saturated heterocycles. The molecular weight excluding hydrogens is 255 g/mol. The number of carbonyl (C=O) groups is 1. The topological polar surface area (TPSA) is 55.1 Å². The molecule has 0 heterocycles. The maximum atomic E-state index is 13.6. The summed E-state index contributed by atoms with van der Waals surface area (Å²) in [7, 11) is 0. The highest BCUT2D eigenvalue weighted by Gasteiger charge is 2.06. The van der Waals surface area contributed by atoms with Crippen LogP contribution < -0.4 is 11.1 Å². The lowest BCUT2D eigenvalue weighted by Gasteiger charge is -2.08. The summed E-state index contributed by atoms with van der Waals surface area (Å²) in [6, 6.07) is 12.3. The highest BCUT2D eigenvalue weighted by molar-refractivity contribution is 5.92. The van der Waals surface area contributed by atoms with Crippen LogP contribution in [0.3, 0.4) is 0 Å². The number of benzene rings is 2. The van der Waals surface area contributed by atoms with Crippen molar-refractivity contribution in [2.24, 2.45) is 5.73 Å². The van der Waals surface area contributed by atoms with Crippen LogP contribution in [0.1, 0.15) is 27.0 Å². The lowest BCUT2D eigenvalue weighted by Crippen LogP contribution is -2.16. The Morgan fingerprint density at radius 1 is 1.15 bits per heavy atom. The lowest BCUT2D eigenvalue weighted by molar-refractivity contribution is 0.1000. The molecule has 2 rings (SSSR count). The number of hydrogen-bond donors (Lipinski definition) is 2. The average molecular weight is 272 g/mol. The summed E-state index contributed by atoms with van der Waals surface area (Å²) in [5.74, 6) is -0.892. The van der Waals surface area contributed by atoms with Crippen LogP contribution in [0.4, 0.5) is 4.39 Å². The van der Waals surface area contributed by atoms with Gasteiger partial charge in [0.05, 0.1) is 0 Å². The van der Waals surface area contributed by atoms with Gasteiger partial charge in [-0.3, -0.25) is 4.79 Å². The Labute approximate surface area is 117 Å². The van der Waals surface area contributed by atoms with E-state index in [1.807, 2.05) is 31.2 Å². The third-order valence-corrected chi connectivity index (χ3v) is 3.10. The van der Waals surface area contributed by atoms with E-state index in [-0.39, 0.29) is 5.82 Å². The first-order valence-electron chi connectivity index (χ1n) is 6.41. The predicted molar refractivity (Wildman–Crippen MR) is 76.6 cm³/mol. The van der Waals surface area contributed by atoms with Gasteiger partial charge >= 0.3 is 0 Å². The minimum Gasteiger partial charge on any atom is -0.366 e. The Balaban J connectivity index is 1.98. The second kappa shape index (κ2) is 6.30. The first-order valence-corrected chi connectivity index (χ1v) is 6.41. The summed E-state index contributed by atoms with van der Waals surface area (Å²) in [6.07, 6.45) is 0. The van der Waals surface area contributed by atoms with E-state index >= 15 is 0 Å². The van der Waals surface area contributed by atoms with Crippen LogP contribution in [0, 0.1) is 12.7 Å². The van der Waals surface area contributed by atoms with Crippen LogP contribution in [-0.4, -0.2) is 5.91 Å². The second-order valence-corrected chi connectivity index (χ2v) is 4.76. The van der Waals surface area contributed by atoms with Gasteiger partial charge in [0.1, 0.15) is 5.82 Å². The van der Waals surface area contributed by atoms with Gasteiger partial charge in [-0.2, -0.15) is 0 Å². The van der Waals surface area contributed by atoms with Gasteiger partial charge in [-0.15, -0.1) is 0 Å². The summed E-state index contributed by atoms with van der Waals surface area (Å²) in [5.41, 5.74) is 8.27. The molecule has 3 N–H and O–H groups in total. The van der Waals surface area contributed by atoms with Crippen LogP contribution in [0.15, 0.2) is 42.5 Å². The summed E-state index contributed by atoms with van der Waals surface area (Å²) in [6.45, 7) is 3.02. The average Bonchev–Trinajstić information content (AvgIpc) is 2.43. The zero-order valence-corrected chi connectivity index (χ0v) is 11.3. The van der Waals surface area contributed by atoms with Crippen LogP contribution in [0.5, 0.6) is 0 Å². The van der Waals surface area contributed by atoms with Gasteiger partial charge in [0, 0.05) is 24.2 Å². The predicted octanol–water partition coefficient (Wildman–Crippen LogP) is 2.52. The fourth-order valence-electron chi connectivity index (χ4n) is 1.91. The van der Waals surface area contributed by atoms with Gasteiger partial charge < -0.3 is 11.1 Å². The minimum atomic E-state index is -0.551. The number of nitrogens with one attached hydrogen (secondary N) is 1. The first kappa shape index (κ1) is 14.2. The molecule has 0 atom stereocenters. The quantitative estimate of drug-likeness (QED) is 0.878. The van der Waals surface area contributed by atoms with E-state index in [1.165, 1.54) is 23.8 Å². The molecular formula is C16H17FN2O. The van der Waals surface area contributed by atoms with E-state index in [4.69, 9.17) is 5.73 Å². The molecule has 0 aliphatic carbocycles. The normalized spacial score (nSPS) is 10.5. The number of aryl methyl sites for hydroxylation is 1. The molecule has 0 fully saturated rings. The molecule has 20 heavy (non-hydrogen) atoms. The van der Waals surface area contributed by atoms with Crippen molar-refractivity contribution in [3.63, 3.8) is 0 Å². The summed E-state index contributed by atoms with van der Waals surface area (Å²) in [4.78, 5) is 11.1. The number of nitrogens with two attached hydrogens (primary N) is 1. The maximum absolute atomic E-state index is 13.6. The SMILES string of the molecule is Cc1ccc(CNCc2cc(C(N)=O)ccc2F)cc1. The molecule has 2 aromatic carbocycles. The molecule has 0 aliphatic rings. The molecule has 0 radical (unpaired) electrons. The van der Waals surface area contributed by atoms with Gasteiger partial charge in [0.15, 0.2) is 0 Å². The monoisotopic (exact) mass is 272 g/mol. The van der Waals surface area contributed by atoms with Gasteiger partial charge in [-0.05, 0) is 30.7 Å². The van der Waals surface area contributed by atoms with Gasteiger partial charge in [0.2, 0.25) is 5.91 Å². The molecule has 0 saturated carbocycles. The van der Waals surface area contributed by atoms with E-state index in [0.29, 0.717) is 24.2 Å². The Morgan fingerprint density at radius 3 is 2.50 bits per heavy atom. The number of primary amides is 1. The van der Waals surface area contributed by atoms with Gasteiger partial charge in [-0.25, -0.2) is 4.39 Å². The smallest absolute Gasteiger partial charge is 0.248 e. The van der Waals surface area contributed by atoms with Crippen molar-refractivity contribution in [3.8, 4) is 0 Å². The molecule has 0 bridgehead atoms. The van der Waals surface area contributed by atoms with E-state index < -0.39 is 5.91 Å². The van der Waals surface area contributed by atoms with Crippen LogP contribution in [0.2, 0.25) is 0 Å². The molecule has 3 nitrogen and oxygen atoms in total. The van der Waals surface area contributed by atoms with Crippen molar-refractivity contribution in [3.05, 3.63) is 70.5 Å². The molecule has 0 unspecified atom stereocenters. The van der Waals surface area contributed by atoms with Crippen molar-refractivity contribution in [2.45, 2.75) is 20.0 Å². The number of amides is 1. The van der Waals surface area contributed by atoms with Crippen molar-refractivity contribution < 1.29 is 9.18 Å². The Bertz CT molecular complexity index is 608.